The maximum absolute atomic E-state index is 11.7. The van der Waals surface area contributed by atoms with Crippen LogP contribution in [-0.4, -0.2) is 23.3 Å². The molecular formula is C10H9Cl2NO3S. The highest BCUT2D eigenvalue weighted by Gasteiger charge is 2.56. The number of halogens is 2. The van der Waals surface area contributed by atoms with Crippen molar-refractivity contribution >= 4 is 52.1 Å². The van der Waals surface area contributed by atoms with E-state index in [-0.39, 0.29) is 5.91 Å². The summed E-state index contributed by atoms with van der Waals surface area (Å²) in [5.41, 5.74) is 0.433. The zero-order valence-corrected chi connectivity index (χ0v) is 11.2. The van der Waals surface area contributed by atoms with Gasteiger partial charge < -0.3 is 10.1 Å². The number of ether oxygens (including phenoxy) is 1. The summed E-state index contributed by atoms with van der Waals surface area (Å²) in [6, 6.07) is 1.64. The zero-order valence-electron chi connectivity index (χ0n) is 8.83. The van der Waals surface area contributed by atoms with Gasteiger partial charge in [-0.2, -0.15) is 0 Å². The number of hydrogen-bond donors (Lipinski definition) is 1. The van der Waals surface area contributed by atoms with Crippen LogP contribution in [0.3, 0.4) is 0 Å². The molecule has 0 radical (unpaired) electrons. The Hall–Kier alpha value is -0.780. The summed E-state index contributed by atoms with van der Waals surface area (Å²) in [6.07, 6.45) is 0.430. The Labute approximate surface area is 112 Å². The summed E-state index contributed by atoms with van der Waals surface area (Å²) in [4.78, 5) is 23.5. The van der Waals surface area contributed by atoms with Crippen molar-refractivity contribution < 1.29 is 14.3 Å². The maximum atomic E-state index is 11.7. The lowest BCUT2D eigenvalue weighted by Crippen LogP contribution is -2.18. The van der Waals surface area contributed by atoms with E-state index < -0.39 is 16.2 Å². The highest BCUT2D eigenvalue weighted by atomic mass is 35.5. The minimum absolute atomic E-state index is 0.279. The number of methoxy groups -OCH3 is 1. The molecule has 0 bridgehead atoms. The van der Waals surface area contributed by atoms with Crippen molar-refractivity contribution in [1.29, 1.82) is 0 Å². The number of anilines is 1. The molecule has 1 aromatic rings. The van der Waals surface area contributed by atoms with Gasteiger partial charge in [0.25, 0.3) is 0 Å². The Balaban J connectivity index is 2.07. The largest absolute Gasteiger partial charge is 0.465 e. The van der Waals surface area contributed by atoms with E-state index in [0.29, 0.717) is 17.0 Å². The average Bonchev–Trinajstić information content (AvgIpc) is 2.72. The first-order valence-electron chi connectivity index (χ1n) is 4.80. The average molecular weight is 294 g/mol. The summed E-state index contributed by atoms with van der Waals surface area (Å²) in [7, 11) is 1.29. The lowest BCUT2D eigenvalue weighted by molar-refractivity contribution is -0.117. The van der Waals surface area contributed by atoms with Gasteiger partial charge in [0, 0.05) is 0 Å². The van der Waals surface area contributed by atoms with Gasteiger partial charge in [-0.3, -0.25) is 4.79 Å². The van der Waals surface area contributed by atoms with Crippen LogP contribution in [0.15, 0.2) is 11.4 Å². The molecule has 0 aromatic carbocycles. The van der Waals surface area contributed by atoms with Crippen molar-refractivity contribution in [3.05, 3.63) is 16.3 Å². The van der Waals surface area contributed by atoms with Crippen molar-refractivity contribution in [2.75, 3.05) is 12.4 Å². The van der Waals surface area contributed by atoms with E-state index in [2.05, 4.69) is 10.1 Å². The molecular weight excluding hydrogens is 285 g/mol. The molecule has 1 atom stereocenters. The van der Waals surface area contributed by atoms with E-state index in [1.165, 1.54) is 18.4 Å². The Bertz CT molecular complexity index is 472. The number of rotatable bonds is 3. The number of carbonyl (C=O) groups excluding carboxylic acids is 2. The molecule has 4 nitrogen and oxygen atoms in total. The molecule has 1 amide bonds. The van der Waals surface area contributed by atoms with E-state index in [1.54, 1.807) is 11.4 Å². The molecule has 1 saturated carbocycles. The van der Waals surface area contributed by atoms with E-state index >= 15 is 0 Å². The second kappa shape index (κ2) is 4.48. The molecule has 0 aliphatic heterocycles. The monoisotopic (exact) mass is 293 g/mol. The number of esters is 1. The topological polar surface area (TPSA) is 55.4 Å². The summed E-state index contributed by atoms with van der Waals surface area (Å²) >= 11 is 12.8. The quantitative estimate of drug-likeness (QED) is 0.689. The van der Waals surface area contributed by atoms with Crippen LogP contribution in [0.25, 0.3) is 0 Å². The van der Waals surface area contributed by atoms with Gasteiger partial charge in [-0.25, -0.2) is 4.79 Å². The van der Waals surface area contributed by atoms with Gasteiger partial charge in [0.15, 0.2) is 0 Å². The van der Waals surface area contributed by atoms with Gasteiger partial charge in [0.2, 0.25) is 5.91 Å². The van der Waals surface area contributed by atoms with E-state index in [4.69, 9.17) is 23.2 Å². The van der Waals surface area contributed by atoms with Crippen LogP contribution < -0.4 is 5.32 Å². The Morgan fingerprint density at radius 1 is 1.59 bits per heavy atom. The Kier molecular flexibility index (Phi) is 3.34. The zero-order chi connectivity index (χ0) is 12.6. The second-order valence-electron chi connectivity index (χ2n) is 3.66. The summed E-state index contributed by atoms with van der Waals surface area (Å²) < 4.78 is 3.64. The number of carbonyl (C=O) groups is 2. The van der Waals surface area contributed by atoms with E-state index in [0.717, 1.165) is 0 Å². The highest BCUT2D eigenvalue weighted by Crippen LogP contribution is 2.53. The SMILES string of the molecule is COC(=O)c1sccc1NC(=O)C1CC1(Cl)Cl. The van der Waals surface area contributed by atoms with Crippen LogP contribution >= 0.6 is 34.5 Å². The summed E-state index contributed by atoms with van der Waals surface area (Å²) in [5.74, 6) is -1.18. The predicted octanol–water partition coefficient (Wildman–Crippen LogP) is 2.67. The number of alkyl halides is 2. The Morgan fingerprint density at radius 3 is 2.76 bits per heavy atom. The van der Waals surface area contributed by atoms with Crippen LogP contribution in [0.1, 0.15) is 16.1 Å². The van der Waals surface area contributed by atoms with Crippen LogP contribution in [-0.2, 0) is 9.53 Å². The smallest absolute Gasteiger partial charge is 0.350 e. The third-order valence-corrected chi connectivity index (χ3v) is 4.17. The molecule has 1 fully saturated rings. The molecule has 2 rings (SSSR count). The predicted molar refractivity (Wildman–Crippen MR) is 66.8 cm³/mol. The fourth-order valence-electron chi connectivity index (χ4n) is 1.38. The number of thiophene rings is 1. The van der Waals surface area contributed by atoms with Crippen LogP contribution in [0.4, 0.5) is 5.69 Å². The van der Waals surface area contributed by atoms with Crippen molar-refractivity contribution in [3.63, 3.8) is 0 Å². The van der Waals surface area contributed by atoms with Gasteiger partial charge >= 0.3 is 5.97 Å². The molecule has 1 N–H and O–H groups in total. The molecule has 1 aromatic heterocycles. The second-order valence-corrected chi connectivity index (χ2v) is 6.12. The van der Waals surface area contributed by atoms with E-state index in [1.807, 2.05) is 0 Å². The maximum Gasteiger partial charge on any atom is 0.350 e. The third-order valence-electron chi connectivity index (χ3n) is 2.44. The molecule has 17 heavy (non-hydrogen) atoms. The first-order valence-corrected chi connectivity index (χ1v) is 6.44. The van der Waals surface area contributed by atoms with Gasteiger partial charge in [-0.05, 0) is 17.9 Å². The Morgan fingerprint density at radius 2 is 2.24 bits per heavy atom. The minimum Gasteiger partial charge on any atom is -0.465 e. The van der Waals surface area contributed by atoms with Gasteiger partial charge in [-0.15, -0.1) is 34.5 Å². The third kappa shape index (κ3) is 2.56. The molecule has 1 unspecified atom stereocenters. The van der Waals surface area contributed by atoms with Crippen LogP contribution in [0, 0.1) is 5.92 Å². The van der Waals surface area contributed by atoms with Gasteiger partial charge in [0.05, 0.1) is 18.7 Å². The lowest BCUT2D eigenvalue weighted by Gasteiger charge is -2.05. The summed E-state index contributed by atoms with van der Waals surface area (Å²) in [5, 5.41) is 4.32. The molecule has 7 heteroatoms. The fraction of sp³-hybridized carbons (Fsp3) is 0.400. The van der Waals surface area contributed by atoms with Crippen molar-refractivity contribution in [3.8, 4) is 0 Å². The van der Waals surface area contributed by atoms with Crippen molar-refractivity contribution in [1.82, 2.24) is 0 Å². The number of nitrogens with one attached hydrogen (secondary N) is 1. The number of amides is 1. The van der Waals surface area contributed by atoms with E-state index in [9.17, 15) is 9.59 Å². The first-order chi connectivity index (χ1) is 7.95. The lowest BCUT2D eigenvalue weighted by atomic mass is 10.3. The number of hydrogen-bond acceptors (Lipinski definition) is 4. The van der Waals surface area contributed by atoms with Crippen LogP contribution in [0.5, 0.6) is 0 Å². The van der Waals surface area contributed by atoms with Crippen molar-refractivity contribution in [2.24, 2.45) is 5.92 Å². The molecule has 0 spiro atoms. The highest BCUT2D eigenvalue weighted by molar-refractivity contribution is 7.12. The van der Waals surface area contributed by atoms with Gasteiger partial charge in [0.1, 0.15) is 9.21 Å². The normalized spacial score (nSPS) is 20.8. The van der Waals surface area contributed by atoms with Crippen LogP contribution in [0.2, 0.25) is 0 Å². The van der Waals surface area contributed by atoms with Crippen molar-refractivity contribution in [2.45, 2.75) is 10.8 Å². The molecule has 1 heterocycles. The molecule has 92 valence electrons. The first kappa shape index (κ1) is 12.7. The summed E-state index contributed by atoms with van der Waals surface area (Å²) in [6.45, 7) is 0. The molecule has 0 saturated heterocycles. The standard InChI is InChI=1S/C10H9Cl2NO3S/c1-16-9(15)7-6(2-3-17-7)13-8(14)5-4-10(5,11)12/h2-3,5H,4H2,1H3,(H,13,14). The molecule has 1 aliphatic rings. The minimum atomic E-state index is -0.967. The fourth-order valence-corrected chi connectivity index (χ4v) is 2.65. The molecule has 1 aliphatic carbocycles. The van der Waals surface area contributed by atoms with Gasteiger partial charge in [-0.1, -0.05) is 0 Å².